The zero-order valence-corrected chi connectivity index (χ0v) is 16.4. The highest BCUT2D eigenvalue weighted by Crippen LogP contribution is 2.28. The summed E-state index contributed by atoms with van der Waals surface area (Å²) in [6, 6.07) is 8.86. The number of pyridine rings is 1. The van der Waals surface area contributed by atoms with E-state index in [1.54, 1.807) is 35.7 Å². The van der Waals surface area contributed by atoms with E-state index in [2.05, 4.69) is 38.0 Å². The van der Waals surface area contributed by atoms with Gasteiger partial charge in [-0.1, -0.05) is 11.6 Å². The van der Waals surface area contributed by atoms with Crippen LogP contribution in [0.2, 0.25) is 5.02 Å². The average Bonchev–Trinajstić information content (AvgIpc) is 3.07. The van der Waals surface area contributed by atoms with Crippen molar-refractivity contribution >= 4 is 39.8 Å². The van der Waals surface area contributed by atoms with Gasteiger partial charge in [-0.2, -0.15) is 11.3 Å². The summed E-state index contributed by atoms with van der Waals surface area (Å²) in [5.74, 6) is 0.693. The van der Waals surface area contributed by atoms with Gasteiger partial charge in [0.1, 0.15) is 11.5 Å². The molecule has 2 N–H and O–H groups in total. The zero-order chi connectivity index (χ0) is 19.0. The number of hydrogen-bond acceptors (Lipinski definition) is 5. The van der Waals surface area contributed by atoms with E-state index in [0.29, 0.717) is 27.6 Å². The predicted molar refractivity (Wildman–Crippen MR) is 112 cm³/mol. The molecule has 1 aromatic carbocycles. The highest BCUT2D eigenvalue weighted by Gasteiger charge is 2.14. The van der Waals surface area contributed by atoms with E-state index in [1.165, 1.54) is 11.1 Å². The van der Waals surface area contributed by atoms with Crippen LogP contribution >= 0.6 is 22.9 Å². The standard InChI is InChI=1S/C20H17ClN4OS/c1-11-9-27-10-15(11)13-5-6-22-18(7-13)23-12(2)19-20(26)25-16-4-3-14(21)8-17(16)24-19/h3-10,12H,1-2H3,(H,22,23)(H,25,26). The number of thiophene rings is 1. The minimum absolute atomic E-state index is 0.227. The highest BCUT2D eigenvalue weighted by atomic mass is 35.5. The normalized spacial score (nSPS) is 12.3. The summed E-state index contributed by atoms with van der Waals surface area (Å²) in [6.45, 7) is 3.98. The molecule has 4 rings (SSSR count). The van der Waals surface area contributed by atoms with E-state index >= 15 is 0 Å². The van der Waals surface area contributed by atoms with Crippen LogP contribution in [0.5, 0.6) is 0 Å². The molecule has 1 atom stereocenters. The summed E-state index contributed by atoms with van der Waals surface area (Å²) in [5, 5.41) is 8.10. The molecule has 7 heteroatoms. The van der Waals surface area contributed by atoms with E-state index < -0.39 is 0 Å². The molecular formula is C20H17ClN4OS. The lowest BCUT2D eigenvalue weighted by Crippen LogP contribution is -2.22. The Labute approximate surface area is 165 Å². The first-order chi connectivity index (χ1) is 13.0. The summed E-state index contributed by atoms with van der Waals surface area (Å²) >= 11 is 7.72. The lowest BCUT2D eigenvalue weighted by molar-refractivity contribution is 0.816. The number of fused-ring (bicyclic) bond motifs is 1. The Bertz CT molecular complexity index is 1180. The number of benzene rings is 1. The smallest absolute Gasteiger partial charge is 0.272 e. The lowest BCUT2D eigenvalue weighted by atomic mass is 10.1. The van der Waals surface area contributed by atoms with Crippen molar-refractivity contribution in [1.29, 1.82) is 0 Å². The van der Waals surface area contributed by atoms with Gasteiger partial charge in [0.2, 0.25) is 0 Å². The number of anilines is 1. The number of aromatic amines is 1. The van der Waals surface area contributed by atoms with Crippen LogP contribution in [-0.2, 0) is 0 Å². The van der Waals surface area contributed by atoms with E-state index in [0.717, 1.165) is 5.56 Å². The molecule has 0 fully saturated rings. The molecule has 0 aliphatic rings. The Kier molecular flexibility index (Phi) is 4.68. The van der Waals surface area contributed by atoms with Crippen LogP contribution in [0.15, 0.2) is 52.1 Å². The minimum Gasteiger partial charge on any atom is -0.362 e. The van der Waals surface area contributed by atoms with Crippen LogP contribution in [0.1, 0.15) is 24.2 Å². The fraction of sp³-hybridized carbons (Fsp3) is 0.150. The molecule has 0 bridgehead atoms. The van der Waals surface area contributed by atoms with Gasteiger partial charge in [-0.25, -0.2) is 9.97 Å². The fourth-order valence-electron chi connectivity index (χ4n) is 2.99. The number of nitrogens with zero attached hydrogens (tertiary/aromatic N) is 2. The van der Waals surface area contributed by atoms with Gasteiger partial charge < -0.3 is 10.3 Å². The maximum atomic E-state index is 12.4. The van der Waals surface area contributed by atoms with Gasteiger partial charge in [0.15, 0.2) is 0 Å². The molecule has 5 nitrogen and oxygen atoms in total. The topological polar surface area (TPSA) is 70.7 Å². The average molecular weight is 397 g/mol. The van der Waals surface area contributed by atoms with Gasteiger partial charge in [-0.05, 0) is 71.6 Å². The number of nitrogens with one attached hydrogen (secondary N) is 2. The van der Waals surface area contributed by atoms with Crippen molar-refractivity contribution in [3.05, 3.63) is 73.9 Å². The molecule has 3 heterocycles. The number of H-pyrrole nitrogens is 1. The van der Waals surface area contributed by atoms with Crippen LogP contribution in [-0.4, -0.2) is 15.0 Å². The second kappa shape index (κ2) is 7.13. The molecule has 3 aromatic heterocycles. The third-order valence-corrected chi connectivity index (χ3v) is 5.48. The van der Waals surface area contributed by atoms with Crippen LogP contribution in [0.4, 0.5) is 5.82 Å². The number of halogens is 1. The molecule has 0 aliphatic heterocycles. The number of aryl methyl sites for hydroxylation is 1. The van der Waals surface area contributed by atoms with Crippen molar-refractivity contribution < 1.29 is 0 Å². The van der Waals surface area contributed by atoms with Gasteiger partial charge in [-0.15, -0.1) is 0 Å². The zero-order valence-electron chi connectivity index (χ0n) is 14.8. The van der Waals surface area contributed by atoms with Crippen molar-refractivity contribution in [1.82, 2.24) is 15.0 Å². The third-order valence-electron chi connectivity index (χ3n) is 4.38. The molecule has 0 saturated carbocycles. The van der Waals surface area contributed by atoms with E-state index in [9.17, 15) is 4.79 Å². The summed E-state index contributed by atoms with van der Waals surface area (Å²) < 4.78 is 0. The summed E-state index contributed by atoms with van der Waals surface area (Å²) in [4.78, 5) is 24.2. The largest absolute Gasteiger partial charge is 0.362 e. The van der Waals surface area contributed by atoms with Gasteiger partial charge >= 0.3 is 0 Å². The first kappa shape index (κ1) is 17.7. The summed E-state index contributed by atoms with van der Waals surface area (Å²) in [6.07, 6.45) is 1.76. The Morgan fingerprint density at radius 3 is 2.85 bits per heavy atom. The van der Waals surface area contributed by atoms with Crippen LogP contribution in [0.25, 0.3) is 22.2 Å². The Balaban J connectivity index is 1.65. The van der Waals surface area contributed by atoms with Crippen molar-refractivity contribution in [2.24, 2.45) is 0 Å². The lowest BCUT2D eigenvalue weighted by Gasteiger charge is -2.14. The summed E-state index contributed by atoms with van der Waals surface area (Å²) in [7, 11) is 0. The predicted octanol–water partition coefficient (Wildman–Crippen LogP) is 5.18. The maximum absolute atomic E-state index is 12.4. The molecule has 27 heavy (non-hydrogen) atoms. The third kappa shape index (κ3) is 3.59. The van der Waals surface area contributed by atoms with Crippen LogP contribution in [0.3, 0.4) is 0 Å². The van der Waals surface area contributed by atoms with Crippen molar-refractivity contribution in [3.63, 3.8) is 0 Å². The Morgan fingerprint density at radius 1 is 1.22 bits per heavy atom. The molecular weight excluding hydrogens is 380 g/mol. The van der Waals surface area contributed by atoms with Gasteiger partial charge in [-0.3, -0.25) is 4.79 Å². The highest BCUT2D eigenvalue weighted by molar-refractivity contribution is 7.08. The Morgan fingerprint density at radius 2 is 2.07 bits per heavy atom. The number of hydrogen-bond donors (Lipinski definition) is 2. The van der Waals surface area contributed by atoms with Crippen molar-refractivity contribution in [2.75, 3.05) is 5.32 Å². The van der Waals surface area contributed by atoms with Gasteiger partial charge in [0.05, 0.1) is 17.1 Å². The van der Waals surface area contributed by atoms with Crippen molar-refractivity contribution in [3.8, 4) is 11.1 Å². The molecule has 1 unspecified atom stereocenters. The molecule has 0 saturated heterocycles. The van der Waals surface area contributed by atoms with E-state index in [-0.39, 0.29) is 11.6 Å². The monoisotopic (exact) mass is 396 g/mol. The molecule has 4 aromatic rings. The van der Waals surface area contributed by atoms with Gasteiger partial charge in [0.25, 0.3) is 5.56 Å². The summed E-state index contributed by atoms with van der Waals surface area (Å²) in [5.41, 5.74) is 4.99. The number of aromatic nitrogens is 3. The molecule has 0 spiro atoms. The fourth-order valence-corrected chi connectivity index (χ4v) is 4.01. The minimum atomic E-state index is -0.316. The van der Waals surface area contributed by atoms with Crippen LogP contribution < -0.4 is 10.9 Å². The van der Waals surface area contributed by atoms with Gasteiger partial charge in [0, 0.05) is 11.2 Å². The second-order valence-electron chi connectivity index (χ2n) is 6.38. The molecule has 0 aliphatic carbocycles. The van der Waals surface area contributed by atoms with Crippen LogP contribution in [0, 0.1) is 6.92 Å². The molecule has 136 valence electrons. The first-order valence-corrected chi connectivity index (χ1v) is 9.78. The number of rotatable bonds is 4. The second-order valence-corrected chi connectivity index (χ2v) is 7.56. The van der Waals surface area contributed by atoms with E-state index in [1.807, 2.05) is 19.1 Å². The molecule has 0 amide bonds. The maximum Gasteiger partial charge on any atom is 0.272 e. The van der Waals surface area contributed by atoms with E-state index in [4.69, 9.17) is 11.6 Å². The first-order valence-electron chi connectivity index (χ1n) is 8.46. The Hall–Kier alpha value is -2.70. The quantitative estimate of drug-likeness (QED) is 0.498. The SMILES string of the molecule is Cc1cscc1-c1ccnc(NC(C)c2nc3cc(Cl)ccc3[nH]c2=O)c1. The molecule has 0 radical (unpaired) electrons. The van der Waals surface area contributed by atoms with Crippen molar-refractivity contribution in [2.45, 2.75) is 19.9 Å².